The molecule has 0 bridgehead atoms. The molecule has 9 nitrogen and oxygen atoms in total. The van der Waals surface area contributed by atoms with Crippen LogP contribution in [0.5, 0.6) is 0 Å². The molecule has 35 heavy (non-hydrogen) atoms. The zero-order chi connectivity index (χ0) is 23.8. The van der Waals surface area contributed by atoms with Crippen molar-refractivity contribution in [2.24, 2.45) is 0 Å². The van der Waals surface area contributed by atoms with E-state index in [1.165, 1.54) is 0 Å². The molecule has 6 aromatic rings. The molecule has 6 heterocycles. The van der Waals surface area contributed by atoms with E-state index < -0.39 is 0 Å². The van der Waals surface area contributed by atoms with Crippen LogP contribution in [0.4, 0.5) is 5.69 Å². The van der Waals surface area contributed by atoms with E-state index in [-0.39, 0.29) is 5.91 Å². The van der Waals surface area contributed by atoms with Gasteiger partial charge in [0.15, 0.2) is 11.5 Å². The molecule has 3 N–H and O–H groups in total. The number of anilines is 1. The average Bonchev–Trinajstić information content (AvgIpc) is 3.63. The number of aromatic nitrogens is 7. The standard InChI is InChI=1S/C25H20N8OS/c1-2-4-21(34)29-15-9-14(11-26-12-15)18-10-17-19(13-28-18)32-33-23(17)25-30-22-16(20-5-3-8-35-20)6-7-27-24(22)31-25/h3,5-13H,2,4H2,1H3,(H,29,34)(H,32,33)(H,27,30,31). The number of pyridine rings is 3. The number of carbonyl (C=O) groups is 1. The number of imidazole rings is 1. The largest absolute Gasteiger partial charge is 0.335 e. The van der Waals surface area contributed by atoms with Gasteiger partial charge in [-0.3, -0.25) is 19.9 Å². The zero-order valence-corrected chi connectivity index (χ0v) is 19.6. The molecule has 6 aromatic heterocycles. The van der Waals surface area contributed by atoms with E-state index in [1.54, 1.807) is 36.1 Å². The molecular weight excluding hydrogens is 460 g/mol. The number of nitrogens with one attached hydrogen (secondary N) is 3. The third kappa shape index (κ3) is 3.93. The summed E-state index contributed by atoms with van der Waals surface area (Å²) >= 11 is 1.67. The number of aromatic amines is 2. The SMILES string of the molecule is CCCC(=O)Nc1cncc(-c2cc3c(-c4nc5nccc(-c6cccs6)c5[nH]4)n[nH]c3cn2)c1. The Balaban J connectivity index is 1.40. The van der Waals surface area contributed by atoms with E-state index in [9.17, 15) is 4.79 Å². The molecule has 0 aromatic carbocycles. The zero-order valence-electron chi connectivity index (χ0n) is 18.7. The lowest BCUT2D eigenvalue weighted by Gasteiger charge is -2.06. The van der Waals surface area contributed by atoms with E-state index in [1.807, 2.05) is 36.6 Å². The van der Waals surface area contributed by atoms with Crippen LogP contribution in [0.25, 0.3) is 55.3 Å². The molecule has 6 rings (SSSR count). The lowest BCUT2D eigenvalue weighted by molar-refractivity contribution is -0.116. The van der Waals surface area contributed by atoms with Gasteiger partial charge in [-0.05, 0) is 36.1 Å². The summed E-state index contributed by atoms with van der Waals surface area (Å²) in [6.45, 7) is 1.97. The first kappa shape index (κ1) is 21.1. The van der Waals surface area contributed by atoms with E-state index in [4.69, 9.17) is 4.98 Å². The van der Waals surface area contributed by atoms with E-state index in [0.717, 1.165) is 38.8 Å². The molecule has 172 valence electrons. The number of carbonyl (C=O) groups excluding carboxylic acids is 1. The smallest absolute Gasteiger partial charge is 0.224 e. The van der Waals surface area contributed by atoms with Gasteiger partial charge in [-0.1, -0.05) is 13.0 Å². The second kappa shape index (κ2) is 8.73. The Bertz CT molecular complexity index is 1670. The molecule has 0 aliphatic heterocycles. The maximum absolute atomic E-state index is 12.0. The fourth-order valence-electron chi connectivity index (χ4n) is 4.01. The number of hydrogen-bond acceptors (Lipinski definition) is 7. The maximum atomic E-state index is 12.0. The quantitative estimate of drug-likeness (QED) is 0.292. The van der Waals surface area contributed by atoms with Gasteiger partial charge in [0.05, 0.1) is 34.8 Å². The number of fused-ring (bicyclic) bond motifs is 2. The number of nitrogens with zero attached hydrogens (tertiary/aromatic N) is 5. The minimum absolute atomic E-state index is 0.0348. The monoisotopic (exact) mass is 480 g/mol. The number of H-pyrrole nitrogens is 2. The van der Waals surface area contributed by atoms with Crippen LogP contribution in [0, 0.1) is 0 Å². The van der Waals surface area contributed by atoms with Crippen molar-refractivity contribution < 1.29 is 4.79 Å². The number of thiophene rings is 1. The van der Waals surface area contributed by atoms with E-state index in [2.05, 4.69) is 41.5 Å². The van der Waals surface area contributed by atoms with E-state index in [0.29, 0.717) is 35.0 Å². The van der Waals surface area contributed by atoms with Crippen molar-refractivity contribution in [3.8, 4) is 33.2 Å². The Hall–Kier alpha value is -4.44. The highest BCUT2D eigenvalue weighted by molar-refractivity contribution is 7.13. The molecule has 0 fully saturated rings. The Labute approximate surface area is 203 Å². The van der Waals surface area contributed by atoms with Crippen molar-refractivity contribution in [1.82, 2.24) is 35.1 Å². The molecule has 0 spiro atoms. The summed E-state index contributed by atoms with van der Waals surface area (Å²) in [5, 5.41) is 13.4. The molecule has 0 atom stereocenters. The van der Waals surface area contributed by atoms with Crippen molar-refractivity contribution in [2.75, 3.05) is 5.32 Å². The first-order chi connectivity index (χ1) is 17.2. The highest BCUT2D eigenvalue weighted by Gasteiger charge is 2.17. The Kier molecular flexibility index (Phi) is 5.27. The van der Waals surface area contributed by atoms with Crippen LogP contribution in [-0.2, 0) is 4.79 Å². The summed E-state index contributed by atoms with van der Waals surface area (Å²) < 4.78 is 0. The van der Waals surface area contributed by atoms with Gasteiger partial charge in [-0.2, -0.15) is 5.10 Å². The van der Waals surface area contributed by atoms with Gasteiger partial charge in [-0.25, -0.2) is 9.97 Å². The van der Waals surface area contributed by atoms with Crippen molar-refractivity contribution in [3.05, 3.63) is 60.5 Å². The number of hydrogen-bond donors (Lipinski definition) is 3. The van der Waals surface area contributed by atoms with Crippen molar-refractivity contribution in [2.45, 2.75) is 19.8 Å². The minimum Gasteiger partial charge on any atom is -0.335 e. The predicted molar refractivity (Wildman–Crippen MR) is 137 cm³/mol. The summed E-state index contributed by atoms with van der Waals surface area (Å²) in [5.74, 6) is 0.589. The van der Waals surface area contributed by atoms with Gasteiger partial charge in [-0.15, -0.1) is 11.3 Å². The van der Waals surface area contributed by atoms with Gasteiger partial charge in [0.25, 0.3) is 0 Å². The maximum Gasteiger partial charge on any atom is 0.224 e. The molecule has 0 unspecified atom stereocenters. The third-order valence-corrected chi connectivity index (χ3v) is 6.55. The Morgan fingerprint density at radius 1 is 1.14 bits per heavy atom. The highest BCUT2D eigenvalue weighted by atomic mass is 32.1. The fourth-order valence-corrected chi connectivity index (χ4v) is 4.77. The topological polar surface area (TPSA) is 125 Å². The second-order valence-electron chi connectivity index (χ2n) is 8.07. The highest BCUT2D eigenvalue weighted by Crippen LogP contribution is 2.33. The normalized spacial score (nSPS) is 11.3. The average molecular weight is 481 g/mol. The lowest BCUT2D eigenvalue weighted by atomic mass is 10.1. The van der Waals surface area contributed by atoms with Gasteiger partial charge in [0.2, 0.25) is 5.91 Å². The van der Waals surface area contributed by atoms with Gasteiger partial charge in [0, 0.05) is 40.2 Å². The molecule has 10 heteroatoms. The van der Waals surface area contributed by atoms with Crippen LogP contribution in [0.3, 0.4) is 0 Å². The van der Waals surface area contributed by atoms with Crippen molar-refractivity contribution in [1.29, 1.82) is 0 Å². The first-order valence-electron chi connectivity index (χ1n) is 11.2. The van der Waals surface area contributed by atoms with Crippen LogP contribution in [0.1, 0.15) is 19.8 Å². The second-order valence-corrected chi connectivity index (χ2v) is 9.02. The molecule has 0 aliphatic rings. The van der Waals surface area contributed by atoms with Crippen LogP contribution >= 0.6 is 11.3 Å². The summed E-state index contributed by atoms with van der Waals surface area (Å²) in [6, 6.07) is 9.91. The lowest BCUT2D eigenvalue weighted by Crippen LogP contribution is -2.10. The molecule has 0 radical (unpaired) electrons. The fraction of sp³-hybridized carbons (Fsp3) is 0.120. The minimum atomic E-state index is -0.0348. The Morgan fingerprint density at radius 2 is 2.09 bits per heavy atom. The predicted octanol–water partition coefficient (Wildman–Crippen LogP) is 5.43. The van der Waals surface area contributed by atoms with Gasteiger partial charge < -0.3 is 10.3 Å². The van der Waals surface area contributed by atoms with Crippen LogP contribution < -0.4 is 5.32 Å². The van der Waals surface area contributed by atoms with Gasteiger partial charge in [0.1, 0.15) is 5.69 Å². The van der Waals surface area contributed by atoms with Crippen molar-refractivity contribution in [3.63, 3.8) is 0 Å². The summed E-state index contributed by atoms with van der Waals surface area (Å²) in [5.41, 5.74) is 6.17. The molecule has 0 saturated heterocycles. The molecule has 1 amide bonds. The van der Waals surface area contributed by atoms with Crippen LogP contribution in [-0.4, -0.2) is 41.0 Å². The molecule has 0 saturated carbocycles. The third-order valence-electron chi connectivity index (χ3n) is 5.65. The Morgan fingerprint density at radius 3 is 2.94 bits per heavy atom. The summed E-state index contributed by atoms with van der Waals surface area (Å²) in [7, 11) is 0. The summed E-state index contributed by atoms with van der Waals surface area (Å²) in [6.07, 6.45) is 8.11. The summed E-state index contributed by atoms with van der Waals surface area (Å²) in [4.78, 5) is 34.6. The number of rotatable bonds is 6. The molecule has 0 aliphatic carbocycles. The number of amides is 1. The molecular formula is C25H20N8OS. The van der Waals surface area contributed by atoms with Crippen LogP contribution in [0.2, 0.25) is 0 Å². The van der Waals surface area contributed by atoms with E-state index >= 15 is 0 Å². The van der Waals surface area contributed by atoms with Gasteiger partial charge >= 0.3 is 0 Å². The van der Waals surface area contributed by atoms with Crippen LogP contribution in [0.15, 0.2) is 60.5 Å². The first-order valence-corrected chi connectivity index (χ1v) is 12.1. The van der Waals surface area contributed by atoms with Crippen molar-refractivity contribution >= 4 is 45.0 Å².